The highest BCUT2D eigenvalue weighted by Crippen LogP contribution is 2.48. The Hall–Kier alpha value is -3.76. The molecule has 2 aliphatic heterocycles. The van der Waals surface area contributed by atoms with E-state index in [2.05, 4.69) is 39.1 Å². The van der Waals surface area contributed by atoms with Crippen molar-refractivity contribution in [3.05, 3.63) is 77.4 Å². The van der Waals surface area contributed by atoms with Crippen LogP contribution in [0, 0.1) is 16.7 Å². The van der Waals surface area contributed by atoms with Crippen LogP contribution in [0.15, 0.2) is 54.9 Å². The number of aromatic nitrogens is 2. The van der Waals surface area contributed by atoms with Crippen LogP contribution in [-0.2, 0) is 17.6 Å². The highest BCUT2D eigenvalue weighted by atomic mass is 16.5. The first-order valence-corrected chi connectivity index (χ1v) is 13.1. The molecule has 1 spiro atoms. The van der Waals surface area contributed by atoms with Crippen LogP contribution in [0.2, 0.25) is 0 Å². The normalized spacial score (nSPS) is 20.2. The lowest BCUT2D eigenvalue weighted by atomic mass is 9.71. The first kappa shape index (κ1) is 23.6. The molecule has 0 saturated carbocycles. The number of likely N-dealkylation sites (tertiary alicyclic amines) is 2. The van der Waals surface area contributed by atoms with E-state index in [0.717, 1.165) is 56.7 Å². The Bertz CT molecular complexity index is 1330. The second kappa shape index (κ2) is 9.60. The summed E-state index contributed by atoms with van der Waals surface area (Å²) in [5.74, 6) is 0.876. The molecule has 4 heterocycles. The van der Waals surface area contributed by atoms with Crippen LogP contribution in [0.5, 0.6) is 5.75 Å². The Kier molecular flexibility index (Phi) is 6.13. The van der Waals surface area contributed by atoms with Crippen LogP contribution >= 0.6 is 0 Å². The first-order chi connectivity index (χ1) is 18.1. The fourth-order valence-electron chi connectivity index (χ4n) is 6.27. The second-order valence-electron chi connectivity index (χ2n) is 10.7. The number of carbonyl (C=O) groups excluding carboxylic acids is 1. The molecule has 7 heteroatoms. The lowest BCUT2D eigenvalue weighted by molar-refractivity contribution is -0.136. The topological polar surface area (TPSA) is 82.4 Å². The highest BCUT2D eigenvalue weighted by molar-refractivity contribution is 5.78. The van der Waals surface area contributed by atoms with Gasteiger partial charge in [0.1, 0.15) is 17.5 Å². The smallest absolute Gasteiger partial charge is 0.228 e. The minimum absolute atomic E-state index is 0.168. The zero-order chi connectivity index (χ0) is 25.4. The molecule has 1 unspecified atom stereocenters. The maximum Gasteiger partial charge on any atom is 0.228 e. The van der Waals surface area contributed by atoms with E-state index >= 15 is 0 Å². The van der Waals surface area contributed by atoms with E-state index in [0.29, 0.717) is 29.3 Å². The number of methoxy groups -OCH3 is 1. The number of fused-ring (bicyclic) bond motifs is 1. The second-order valence-corrected chi connectivity index (χ2v) is 10.7. The standard InChI is InChI=1S/C30H31N5O2/c1-37-26-7-6-24(33-18-26)15-29(36)34-12-10-30(11-13-34)19-35(20-30)28-9-4-22-14-21(3-8-27(22)28)23-2-5-25(16-31)32-17-23/h2-3,5-8,14,17-18,28H,4,9-13,15,19-20H2,1H3. The quantitative estimate of drug-likeness (QED) is 0.530. The zero-order valence-electron chi connectivity index (χ0n) is 21.2. The van der Waals surface area contributed by atoms with Gasteiger partial charge in [-0.05, 0) is 72.1 Å². The number of amides is 1. The van der Waals surface area contributed by atoms with Crippen LogP contribution in [0.4, 0.5) is 0 Å². The van der Waals surface area contributed by atoms with Gasteiger partial charge in [0.15, 0.2) is 0 Å². The van der Waals surface area contributed by atoms with Gasteiger partial charge in [0.05, 0.1) is 19.7 Å². The molecule has 0 bridgehead atoms. The average Bonchev–Trinajstić information content (AvgIpc) is 3.35. The van der Waals surface area contributed by atoms with E-state index < -0.39 is 0 Å². The number of rotatable bonds is 5. The number of aryl methyl sites for hydroxylation is 1. The molecule has 1 aromatic carbocycles. The lowest BCUT2D eigenvalue weighted by Crippen LogP contribution is -2.61. The number of pyridine rings is 2. The van der Waals surface area contributed by atoms with Crippen LogP contribution < -0.4 is 4.74 Å². The van der Waals surface area contributed by atoms with Gasteiger partial charge in [-0.25, -0.2) is 4.98 Å². The monoisotopic (exact) mass is 493 g/mol. The molecule has 2 aromatic heterocycles. The molecule has 7 nitrogen and oxygen atoms in total. The molecule has 188 valence electrons. The van der Waals surface area contributed by atoms with Crippen molar-refractivity contribution in [1.82, 2.24) is 19.8 Å². The van der Waals surface area contributed by atoms with Crippen molar-refractivity contribution in [2.75, 3.05) is 33.3 Å². The molecule has 1 aliphatic carbocycles. The molecular weight excluding hydrogens is 462 g/mol. The molecule has 37 heavy (non-hydrogen) atoms. The third kappa shape index (κ3) is 4.58. The molecule has 1 atom stereocenters. The van der Waals surface area contributed by atoms with Gasteiger partial charge in [0.25, 0.3) is 0 Å². The fraction of sp³-hybridized carbons (Fsp3) is 0.400. The van der Waals surface area contributed by atoms with Gasteiger partial charge < -0.3 is 9.64 Å². The van der Waals surface area contributed by atoms with Gasteiger partial charge in [-0.1, -0.05) is 18.2 Å². The summed E-state index contributed by atoms with van der Waals surface area (Å²) in [5, 5.41) is 8.99. The summed E-state index contributed by atoms with van der Waals surface area (Å²) < 4.78 is 5.15. The van der Waals surface area contributed by atoms with Gasteiger partial charge in [0.2, 0.25) is 5.91 Å². The molecule has 2 fully saturated rings. The van der Waals surface area contributed by atoms with Crippen molar-refractivity contribution in [1.29, 1.82) is 5.26 Å². The summed E-state index contributed by atoms with van der Waals surface area (Å²) in [6, 6.07) is 16.8. The first-order valence-electron chi connectivity index (χ1n) is 13.1. The third-order valence-corrected chi connectivity index (χ3v) is 8.46. The third-order valence-electron chi connectivity index (χ3n) is 8.46. The molecule has 0 radical (unpaired) electrons. The van der Waals surface area contributed by atoms with Crippen molar-refractivity contribution < 1.29 is 9.53 Å². The molecule has 1 amide bonds. The van der Waals surface area contributed by atoms with E-state index in [-0.39, 0.29) is 5.91 Å². The summed E-state index contributed by atoms with van der Waals surface area (Å²) in [6.45, 7) is 3.93. The van der Waals surface area contributed by atoms with Crippen LogP contribution in [0.1, 0.15) is 47.8 Å². The maximum absolute atomic E-state index is 12.8. The molecular formula is C30H31N5O2. The minimum Gasteiger partial charge on any atom is -0.495 e. The van der Waals surface area contributed by atoms with Gasteiger partial charge in [-0.2, -0.15) is 5.26 Å². The van der Waals surface area contributed by atoms with Gasteiger partial charge >= 0.3 is 0 Å². The van der Waals surface area contributed by atoms with Gasteiger partial charge in [0, 0.05) is 49.7 Å². The van der Waals surface area contributed by atoms with Crippen molar-refractivity contribution in [3.8, 4) is 22.9 Å². The van der Waals surface area contributed by atoms with Crippen molar-refractivity contribution in [2.45, 2.75) is 38.1 Å². The number of piperidine rings is 1. The van der Waals surface area contributed by atoms with Crippen LogP contribution in [0.3, 0.4) is 0 Å². The maximum atomic E-state index is 12.8. The van der Waals surface area contributed by atoms with E-state index in [1.54, 1.807) is 25.6 Å². The number of benzene rings is 1. The lowest BCUT2D eigenvalue weighted by Gasteiger charge is -2.56. The number of hydrogen-bond acceptors (Lipinski definition) is 6. The summed E-state index contributed by atoms with van der Waals surface area (Å²) in [4.78, 5) is 26.1. The fourth-order valence-corrected chi connectivity index (χ4v) is 6.27. The van der Waals surface area contributed by atoms with Crippen LogP contribution in [0.25, 0.3) is 11.1 Å². The predicted octanol–water partition coefficient (Wildman–Crippen LogP) is 4.18. The molecule has 2 saturated heterocycles. The highest BCUT2D eigenvalue weighted by Gasteiger charge is 2.48. The molecule has 3 aliphatic rings. The SMILES string of the molecule is COc1ccc(CC(=O)N2CCC3(CC2)CN(C2CCc4cc(-c5ccc(C#N)nc5)ccc42)C3)nc1. The van der Waals surface area contributed by atoms with E-state index in [9.17, 15) is 4.79 Å². The Morgan fingerprint density at radius 2 is 1.89 bits per heavy atom. The van der Waals surface area contributed by atoms with Crippen LogP contribution in [-0.4, -0.2) is 59.0 Å². The number of ether oxygens (including phenoxy) is 1. The van der Waals surface area contributed by atoms with Gasteiger partial charge in [-0.3, -0.25) is 14.7 Å². The average molecular weight is 494 g/mol. The largest absolute Gasteiger partial charge is 0.495 e. The number of nitriles is 1. The Morgan fingerprint density at radius 1 is 1.08 bits per heavy atom. The van der Waals surface area contributed by atoms with Crippen molar-refractivity contribution >= 4 is 5.91 Å². The van der Waals surface area contributed by atoms with E-state index in [4.69, 9.17) is 10.00 Å². The van der Waals surface area contributed by atoms with Gasteiger partial charge in [-0.15, -0.1) is 0 Å². The number of carbonyl (C=O) groups is 1. The zero-order valence-corrected chi connectivity index (χ0v) is 21.2. The van der Waals surface area contributed by atoms with Crippen molar-refractivity contribution in [3.63, 3.8) is 0 Å². The van der Waals surface area contributed by atoms with E-state index in [1.807, 2.05) is 23.1 Å². The Labute approximate surface area is 217 Å². The molecule has 6 rings (SSSR count). The molecule has 3 aromatic rings. The predicted molar refractivity (Wildman–Crippen MR) is 140 cm³/mol. The van der Waals surface area contributed by atoms with E-state index in [1.165, 1.54) is 23.1 Å². The summed E-state index contributed by atoms with van der Waals surface area (Å²) in [6.07, 6.45) is 8.23. The van der Waals surface area contributed by atoms with Crippen molar-refractivity contribution in [2.24, 2.45) is 5.41 Å². The summed E-state index contributed by atoms with van der Waals surface area (Å²) >= 11 is 0. The minimum atomic E-state index is 0.168. The number of nitrogens with zero attached hydrogens (tertiary/aromatic N) is 5. The summed E-state index contributed by atoms with van der Waals surface area (Å²) in [5.41, 5.74) is 6.70. The molecule has 0 N–H and O–H groups in total. The number of hydrogen-bond donors (Lipinski definition) is 0. The Balaban J connectivity index is 1.03. The Morgan fingerprint density at radius 3 is 2.57 bits per heavy atom. The summed E-state index contributed by atoms with van der Waals surface area (Å²) in [7, 11) is 1.62.